The summed E-state index contributed by atoms with van der Waals surface area (Å²) < 4.78 is 5.11. The van der Waals surface area contributed by atoms with E-state index in [1.165, 1.54) is 6.08 Å². The summed E-state index contributed by atoms with van der Waals surface area (Å²) in [5, 5.41) is 0. The number of thioether (sulfide) groups is 1. The number of hydrogen-bond acceptors (Lipinski definition) is 3. The minimum Gasteiger partial charge on any atom is -0.465 e. The van der Waals surface area contributed by atoms with Gasteiger partial charge in [0.15, 0.2) is 5.78 Å². The summed E-state index contributed by atoms with van der Waals surface area (Å²) in [6, 6.07) is 11.1. The molecule has 0 radical (unpaired) electrons. The summed E-state index contributed by atoms with van der Waals surface area (Å²) in [4.78, 5) is 13.0. The number of allylic oxidation sites excluding steroid dienone is 1. The van der Waals surface area contributed by atoms with Crippen LogP contribution in [-0.4, -0.2) is 12.0 Å². The Morgan fingerprint density at radius 2 is 2.00 bits per heavy atom. The zero-order valence-electron chi connectivity index (χ0n) is 9.42. The van der Waals surface area contributed by atoms with E-state index in [0.717, 1.165) is 4.90 Å². The fourth-order valence-corrected chi connectivity index (χ4v) is 1.80. The van der Waals surface area contributed by atoms with Gasteiger partial charge in [0, 0.05) is 10.5 Å². The van der Waals surface area contributed by atoms with Gasteiger partial charge in [0.2, 0.25) is 0 Å². The first kappa shape index (κ1) is 11.7. The lowest BCUT2D eigenvalue weighted by molar-refractivity contribution is 0.104. The zero-order chi connectivity index (χ0) is 12.1. The van der Waals surface area contributed by atoms with Crippen molar-refractivity contribution in [3.63, 3.8) is 0 Å². The Balaban J connectivity index is 2.09. The van der Waals surface area contributed by atoms with Crippen LogP contribution in [0.3, 0.4) is 0 Å². The van der Waals surface area contributed by atoms with Crippen LogP contribution in [0.5, 0.6) is 0 Å². The van der Waals surface area contributed by atoms with Crippen molar-refractivity contribution in [1.82, 2.24) is 0 Å². The van der Waals surface area contributed by atoms with Gasteiger partial charge in [-0.15, -0.1) is 11.8 Å². The summed E-state index contributed by atoms with van der Waals surface area (Å²) in [6.07, 6.45) is 6.78. The first-order chi connectivity index (χ1) is 8.29. The molecule has 0 bridgehead atoms. The highest BCUT2D eigenvalue weighted by Gasteiger charge is 2.01. The summed E-state index contributed by atoms with van der Waals surface area (Å²) in [7, 11) is 0. The molecule has 1 aromatic carbocycles. The van der Waals surface area contributed by atoms with Crippen molar-refractivity contribution in [3.05, 3.63) is 60.1 Å². The van der Waals surface area contributed by atoms with Crippen LogP contribution >= 0.6 is 11.8 Å². The Morgan fingerprint density at radius 1 is 1.24 bits per heavy atom. The van der Waals surface area contributed by atoms with E-state index < -0.39 is 0 Å². The fourth-order valence-electron chi connectivity index (χ4n) is 1.40. The number of rotatable bonds is 4. The lowest BCUT2D eigenvalue weighted by Gasteiger charge is -1.97. The first-order valence-corrected chi connectivity index (χ1v) is 6.42. The molecule has 2 nitrogen and oxygen atoms in total. The Morgan fingerprint density at radius 3 is 2.59 bits per heavy atom. The standard InChI is InChI=1S/C14H12O2S/c1-17-13-7-4-11(5-8-13)14(15)9-6-12-3-2-10-16-12/h2-10H,1H3/b9-6-. The van der Waals surface area contributed by atoms with Crippen LogP contribution in [0.25, 0.3) is 6.08 Å². The molecule has 0 spiro atoms. The molecule has 0 saturated heterocycles. The van der Waals surface area contributed by atoms with Crippen LogP contribution in [0, 0.1) is 0 Å². The van der Waals surface area contributed by atoms with Crippen LogP contribution in [0.2, 0.25) is 0 Å². The molecule has 2 rings (SSSR count). The van der Waals surface area contributed by atoms with E-state index in [4.69, 9.17) is 4.42 Å². The predicted molar refractivity (Wildman–Crippen MR) is 70.3 cm³/mol. The maximum absolute atomic E-state index is 11.8. The number of ketones is 1. The second-order valence-electron chi connectivity index (χ2n) is 3.44. The Labute approximate surface area is 104 Å². The van der Waals surface area contributed by atoms with Gasteiger partial charge in [0.05, 0.1) is 6.26 Å². The third-order valence-electron chi connectivity index (χ3n) is 2.32. The highest BCUT2D eigenvalue weighted by atomic mass is 32.2. The summed E-state index contributed by atoms with van der Waals surface area (Å²) >= 11 is 1.66. The Kier molecular flexibility index (Phi) is 3.83. The maximum Gasteiger partial charge on any atom is 0.185 e. The van der Waals surface area contributed by atoms with E-state index in [1.807, 2.05) is 30.5 Å². The van der Waals surface area contributed by atoms with Crippen LogP contribution in [0.1, 0.15) is 16.1 Å². The summed E-state index contributed by atoms with van der Waals surface area (Å²) in [6.45, 7) is 0. The van der Waals surface area contributed by atoms with Crippen molar-refractivity contribution >= 4 is 23.6 Å². The van der Waals surface area contributed by atoms with E-state index in [-0.39, 0.29) is 5.78 Å². The molecular formula is C14H12O2S. The smallest absolute Gasteiger partial charge is 0.185 e. The van der Waals surface area contributed by atoms with Crippen LogP contribution in [-0.2, 0) is 0 Å². The molecule has 0 saturated carbocycles. The number of hydrogen-bond donors (Lipinski definition) is 0. The van der Waals surface area contributed by atoms with E-state index >= 15 is 0 Å². The lowest BCUT2D eigenvalue weighted by Crippen LogP contribution is -1.93. The molecule has 0 atom stereocenters. The Hall–Kier alpha value is -1.74. The highest BCUT2D eigenvalue weighted by Crippen LogP contribution is 2.15. The monoisotopic (exact) mass is 244 g/mol. The molecule has 0 aliphatic carbocycles. The molecule has 1 heterocycles. The number of carbonyl (C=O) groups is 1. The van der Waals surface area contributed by atoms with Crippen LogP contribution < -0.4 is 0 Å². The molecule has 0 unspecified atom stereocenters. The second kappa shape index (κ2) is 5.55. The van der Waals surface area contributed by atoms with Gasteiger partial charge in [-0.3, -0.25) is 4.79 Å². The van der Waals surface area contributed by atoms with Crippen molar-refractivity contribution < 1.29 is 9.21 Å². The number of benzene rings is 1. The molecule has 1 aromatic heterocycles. The largest absolute Gasteiger partial charge is 0.465 e. The molecule has 86 valence electrons. The van der Waals surface area contributed by atoms with Gasteiger partial charge in [-0.05, 0) is 54.8 Å². The molecule has 0 amide bonds. The van der Waals surface area contributed by atoms with Crippen molar-refractivity contribution in [2.45, 2.75) is 4.90 Å². The van der Waals surface area contributed by atoms with Gasteiger partial charge in [0.25, 0.3) is 0 Å². The van der Waals surface area contributed by atoms with E-state index in [2.05, 4.69) is 0 Å². The maximum atomic E-state index is 11.8. The molecule has 0 aliphatic heterocycles. The normalized spacial score (nSPS) is 10.9. The second-order valence-corrected chi connectivity index (χ2v) is 4.32. The Bertz CT molecular complexity index is 510. The lowest BCUT2D eigenvalue weighted by atomic mass is 10.1. The minimum absolute atomic E-state index is 0.0194. The fraction of sp³-hybridized carbons (Fsp3) is 0.0714. The topological polar surface area (TPSA) is 30.2 Å². The average molecular weight is 244 g/mol. The van der Waals surface area contributed by atoms with E-state index in [9.17, 15) is 4.79 Å². The highest BCUT2D eigenvalue weighted by molar-refractivity contribution is 7.98. The molecule has 3 heteroatoms. The average Bonchev–Trinajstić information content (AvgIpc) is 2.89. The molecule has 2 aromatic rings. The van der Waals surface area contributed by atoms with Crippen LogP contribution in [0.15, 0.2) is 58.1 Å². The van der Waals surface area contributed by atoms with Crippen molar-refractivity contribution in [2.75, 3.05) is 6.26 Å². The van der Waals surface area contributed by atoms with E-state index in [1.54, 1.807) is 36.2 Å². The van der Waals surface area contributed by atoms with E-state index in [0.29, 0.717) is 11.3 Å². The van der Waals surface area contributed by atoms with Crippen molar-refractivity contribution in [2.24, 2.45) is 0 Å². The SMILES string of the molecule is CSc1ccc(C(=O)/C=C\c2ccco2)cc1. The summed E-state index contributed by atoms with van der Waals surface area (Å²) in [5.74, 6) is 0.660. The predicted octanol–water partition coefficient (Wildman–Crippen LogP) is 3.90. The quantitative estimate of drug-likeness (QED) is 0.464. The molecule has 0 fully saturated rings. The third-order valence-corrected chi connectivity index (χ3v) is 3.06. The van der Waals surface area contributed by atoms with Gasteiger partial charge in [-0.25, -0.2) is 0 Å². The van der Waals surface area contributed by atoms with Crippen molar-refractivity contribution in [3.8, 4) is 0 Å². The van der Waals surface area contributed by atoms with Crippen LogP contribution in [0.4, 0.5) is 0 Å². The number of carbonyl (C=O) groups excluding carboxylic acids is 1. The van der Waals surface area contributed by atoms with Gasteiger partial charge in [-0.1, -0.05) is 0 Å². The molecular weight excluding hydrogens is 232 g/mol. The summed E-state index contributed by atoms with van der Waals surface area (Å²) in [5.41, 5.74) is 0.686. The van der Waals surface area contributed by atoms with Crippen molar-refractivity contribution in [1.29, 1.82) is 0 Å². The third kappa shape index (κ3) is 3.11. The molecule has 17 heavy (non-hydrogen) atoms. The van der Waals surface area contributed by atoms with Gasteiger partial charge < -0.3 is 4.42 Å². The van der Waals surface area contributed by atoms with Gasteiger partial charge in [0.1, 0.15) is 5.76 Å². The minimum atomic E-state index is -0.0194. The van der Waals surface area contributed by atoms with Gasteiger partial charge >= 0.3 is 0 Å². The number of furan rings is 1. The van der Waals surface area contributed by atoms with Gasteiger partial charge in [-0.2, -0.15) is 0 Å². The first-order valence-electron chi connectivity index (χ1n) is 5.19. The molecule has 0 aliphatic rings. The molecule has 0 N–H and O–H groups in total. The zero-order valence-corrected chi connectivity index (χ0v) is 10.2.